The molecule has 1 aromatic carbocycles. The molecule has 6 nitrogen and oxygen atoms in total. The minimum atomic E-state index is -1.56. The molecule has 1 atom stereocenters. The van der Waals surface area contributed by atoms with Gasteiger partial charge in [-0.15, -0.1) is 0 Å². The summed E-state index contributed by atoms with van der Waals surface area (Å²) < 4.78 is 0. The maximum atomic E-state index is 13.0. The second kappa shape index (κ2) is 9.03. The highest BCUT2D eigenvalue weighted by Gasteiger charge is 2.28. The second-order valence-electron chi connectivity index (χ2n) is 6.77. The molecule has 0 saturated heterocycles. The summed E-state index contributed by atoms with van der Waals surface area (Å²) in [6.45, 7) is 0. The third-order valence-corrected chi connectivity index (χ3v) is 6.51. The predicted octanol–water partition coefficient (Wildman–Crippen LogP) is 5.02. The summed E-state index contributed by atoms with van der Waals surface area (Å²) in [5.41, 5.74) is 0.761. The number of rotatable bonds is 7. The third kappa shape index (κ3) is 4.90. The van der Waals surface area contributed by atoms with Crippen molar-refractivity contribution in [2.75, 3.05) is 5.32 Å². The molecule has 0 radical (unpaired) electrons. The van der Waals surface area contributed by atoms with Gasteiger partial charge in [-0.3, -0.25) is 9.59 Å². The van der Waals surface area contributed by atoms with Gasteiger partial charge in [0.25, 0.3) is 5.78 Å². The largest absolute Gasteiger partial charge is 0.475 e. The Balaban J connectivity index is 1.80. The van der Waals surface area contributed by atoms with E-state index in [-0.39, 0.29) is 15.9 Å². The van der Waals surface area contributed by atoms with E-state index in [1.54, 1.807) is 18.2 Å². The van der Waals surface area contributed by atoms with E-state index in [0.29, 0.717) is 22.4 Å². The maximum absolute atomic E-state index is 13.0. The van der Waals surface area contributed by atoms with Crippen LogP contribution in [0.25, 0.3) is 0 Å². The lowest BCUT2D eigenvalue weighted by atomic mass is 9.87. The molecule has 1 fully saturated rings. The van der Waals surface area contributed by atoms with Crippen LogP contribution in [0.2, 0.25) is 10.0 Å². The summed E-state index contributed by atoms with van der Waals surface area (Å²) in [6, 6.07) is 5.15. The van der Waals surface area contributed by atoms with Crippen molar-refractivity contribution in [1.29, 1.82) is 0 Å². The molecule has 0 aliphatic heterocycles. The van der Waals surface area contributed by atoms with Crippen LogP contribution in [0.5, 0.6) is 0 Å². The number of hydrogen-bond acceptors (Lipinski definition) is 5. The number of carbonyl (C=O) groups is 3. The molecule has 2 aromatic rings. The van der Waals surface area contributed by atoms with E-state index in [1.165, 1.54) is 0 Å². The van der Waals surface area contributed by atoms with Crippen LogP contribution < -0.4 is 5.32 Å². The van der Waals surface area contributed by atoms with E-state index in [1.807, 2.05) is 0 Å². The molecular weight excluding hydrogens is 423 g/mol. The number of nitrogens with one attached hydrogen (secondary N) is 1. The zero-order valence-electron chi connectivity index (χ0n) is 14.8. The maximum Gasteiger partial charge on any atom is 0.378 e. The average Bonchev–Trinajstić information content (AvgIpc) is 3.33. The molecule has 1 heterocycles. The Hall–Kier alpha value is -1.96. The van der Waals surface area contributed by atoms with Gasteiger partial charge in [0.15, 0.2) is 5.13 Å². The monoisotopic (exact) mass is 440 g/mol. The van der Waals surface area contributed by atoms with Crippen molar-refractivity contribution in [3.63, 3.8) is 0 Å². The number of ketones is 1. The van der Waals surface area contributed by atoms with Crippen LogP contribution in [0.15, 0.2) is 24.4 Å². The van der Waals surface area contributed by atoms with Crippen molar-refractivity contribution in [3.05, 3.63) is 44.9 Å². The fraction of sp³-hybridized carbons (Fsp3) is 0.368. The van der Waals surface area contributed by atoms with Crippen LogP contribution in [0.3, 0.4) is 0 Å². The van der Waals surface area contributed by atoms with E-state index >= 15 is 0 Å². The number of carboxylic acid groups (broad SMARTS) is 1. The molecule has 0 bridgehead atoms. The molecule has 148 valence electrons. The van der Waals surface area contributed by atoms with Gasteiger partial charge in [0, 0.05) is 0 Å². The lowest BCUT2D eigenvalue weighted by molar-refractivity contribution is -0.131. The summed E-state index contributed by atoms with van der Waals surface area (Å²) in [4.78, 5) is 39.2. The van der Waals surface area contributed by atoms with Crippen LogP contribution in [0.1, 0.15) is 53.3 Å². The standard InChI is InChI=1S/C19H18Cl2N2O4S/c20-13-6-5-11(8-14(13)21)12(7-10-3-1-2-4-10)17(25)23-19-22-9-15(28-19)16(24)18(26)27/h5-6,8-10,12H,1-4,7H2,(H,26,27)(H,22,23,25). The number of benzene rings is 1. The van der Waals surface area contributed by atoms with Gasteiger partial charge in [0.2, 0.25) is 5.91 Å². The van der Waals surface area contributed by atoms with Crippen LogP contribution >= 0.6 is 34.5 Å². The van der Waals surface area contributed by atoms with Gasteiger partial charge < -0.3 is 10.4 Å². The van der Waals surface area contributed by atoms with Gasteiger partial charge >= 0.3 is 5.97 Å². The first kappa shape index (κ1) is 20.8. The molecule has 1 aliphatic carbocycles. The van der Waals surface area contributed by atoms with Crippen molar-refractivity contribution >= 4 is 57.3 Å². The molecule has 1 aliphatic rings. The quantitative estimate of drug-likeness (QED) is 0.465. The fourth-order valence-corrected chi connectivity index (χ4v) is 4.50. The number of Topliss-reactive ketones (excluding diaryl/α,β-unsaturated/α-hetero) is 1. The van der Waals surface area contributed by atoms with Gasteiger partial charge in [0.1, 0.15) is 4.88 Å². The topological polar surface area (TPSA) is 96.4 Å². The number of halogens is 2. The van der Waals surface area contributed by atoms with Crippen molar-refractivity contribution in [3.8, 4) is 0 Å². The molecule has 3 rings (SSSR count). The normalized spacial score (nSPS) is 15.4. The number of carboxylic acids is 1. The summed E-state index contributed by atoms with van der Waals surface area (Å²) >= 11 is 13.0. The molecule has 1 saturated carbocycles. The van der Waals surface area contributed by atoms with Crippen LogP contribution in [-0.2, 0) is 9.59 Å². The van der Waals surface area contributed by atoms with Crippen molar-refractivity contribution in [1.82, 2.24) is 4.98 Å². The Morgan fingerprint density at radius 1 is 1.21 bits per heavy atom. The predicted molar refractivity (Wildman–Crippen MR) is 108 cm³/mol. The average molecular weight is 441 g/mol. The Kier molecular flexibility index (Phi) is 6.69. The van der Waals surface area contributed by atoms with Gasteiger partial charge in [-0.2, -0.15) is 0 Å². The van der Waals surface area contributed by atoms with Gasteiger partial charge in [-0.25, -0.2) is 9.78 Å². The Bertz CT molecular complexity index is 909. The first-order valence-corrected chi connectivity index (χ1v) is 10.4. The number of nitrogens with zero attached hydrogens (tertiary/aromatic N) is 1. The molecule has 9 heteroatoms. The zero-order valence-corrected chi connectivity index (χ0v) is 17.1. The lowest BCUT2D eigenvalue weighted by Gasteiger charge is -2.20. The van der Waals surface area contributed by atoms with Crippen molar-refractivity contribution < 1.29 is 19.5 Å². The lowest BCUT2D eigenvalue weighted by Crippen LogP contribution is -2.23. The molecule has 0 spiro atoms. The van der Waals surface area contributed by atoms with Gasteiger partial charge in [0.05, 0.1) is 22.2 Å². The first-order chi connectivity index (χ1) is 13.3. The molecule has 28 heavy (non-hydrogen) atoms. The van der Waals surface area contributed by atoms with Gasteiger partial charge in [-0.05, 0) is 30.0 Å². The highest BCUT2D eigenvalue weighted by atomic mass is 35.5. The van der Waals surface area contributed by atoms with E-state index in [2.05, 4.69) is 10.3 Å². The summed E-state index contributed by atoms with van der Waals surface area (Å²) in [5.74, 6) is -2.87. The molecule has 1 unspecified atom stereocenters. The zero-order chi connectivity index (χ0) is 20.3. The second-order valence-corrected chi connectivity index (χ2v) is 8.61. The van der Waals surface area contributed by atoms with Crippen molar-refractivity contribution in [2.45, 2.75) is 38.0 Å². The van der Waals surface area contributed by atoms with E-state index < -0.39 is 17.7 Å². The number of amides is 1. The highest BCUT2D eigenvalue weighted by molar-refractivity contribution is 7.18. The Morgan fingerprint density at radius 3 is 2.57 bits per heavy atom. The number of carbonyl (C=O) groups excluding carboxylic acids is 2. The molecule has 1 aromatic heterocycles. The van der Waals surface area contributed by atoms with E-state index in [0.717, 1.165) is 48.8 Å². The van der Waals surface area contributed by atoms with Crippen LogP contribution in [-0.4, -0.2) is 27.8 Å². The number of aromatic nitrogens is 1. The SMILES string of the molecule is O=C(O)C(=O)c1cnc(NC(=O)C(CC2CCCC2)c2ccc(Cl)c(Cl)c2)s1. The minimum absolute atomic E-state index is 0.0373. The molecule has 1 amide bonds. The van der Waals surface area contributed by atoms with E-state index in [9.17, 15) is 14.4 Å². The number of aliphatic carboxylic acids is 1. The number of anilines is 1. The summed E-state index contributed by atoms with van der Waals surface area (Å²) in [7, 11) is 0. The fourth-order valence-electron chi connectivity index (χ4n) is 3.44. The summed E-state index contributed by atoms with van der Waals surface area (Å²) in [5, 5.41) is 12.5. The minimum Gasteiger partial charge on any atom is -0.475 e. The van der Waals surface area contributed by atoms with Gasteiger partial charge in [-0.1, -0.05) is 66.3 Å². The van der Waals surface area contributed by atoms with Crippen LogP contribution in [0.4, 0.5) is 5.13 Å². The Morgan fingerprint density at radius 2 is 1.93 bits per heavy atom. The van der Waals surface area contributed by atoms with E-state index in [4.69, 9.17) is 28.3 Å². The van der Waals surface area contributed by atoms with Crippen LogP contribution in [0, 0.1) is 5.92 Å². The molecule has 2 N–H and O–H groups in total. The smallest absolute Gasteiger partial charge is 0.378 e. The number of thiazole rings is 1. The number of hydrogen-bond donors (Lipinski definition) is 2. The molecular formula is C19H18Cl2N2O4S. The Labute approximate surface area is 175 Å². The first-order valence-electron chi connectivity index (χ1n) is 8.84. The van der Waals surface area contributed by atoms with Crippen molar-refractivity contribution in [2.24, 2.45) is 5.92 Å². The third-order valence-electron chi connectivity index (χ3n) is 4.86. The highest BCUT2D eigenvalue weighted by Crippen LogP contribution is 2.36. The summed E-state index contributed by atoms with van der Waals surface area (Å²) in [6.07, 6.45) is 6.32.